The van der Waals surface area contributed by atoms with Gasteiger partial charge in [-0.15, -0.1) is 0 Å². The molecule has 0 aliphatic heterocycles. The van der Waals surface area contributed by atoms with Gasteiger partial charge in [0.2, 0.25) is 0 Å². The van der Waals surface area contributed by atoms with Crippen LogP contribution in [-0.4, -0.2) is 23.6 Å². The van der Waals surface area contributed by atoms with Crippen LogP contribution in [0.5, 0.6) is 0 Å². The molecule has 1 aromatic carbocycles. The number of carbonyl (C=O) groups excluding carboxylic acids is 1. The third-order valence-corrected chi connectivity index (χ3v) is 3.81. The Bertz CT molecular complexity index is 688. The Labute approximate surface area is 119 Å². The highest BCUT2D eigenvalue weighted by atomic mass is 19.4. The summed E-state index contributed by atoms with van der Waals surface area (Å²) in [6, 6.07) is 4.99. The SMILES string of the molecule is O=C(NCC(F)(F)F)c1ccc2[nH]c3c(c2c1)CCCC3. The lowest BCUT2D eigenvalue weighted by molar-refractivity contribution is -0.123. The van der Waals surface area contributed by atoms with E-state index in [4.69, 9.17) is 0 Å². The highest BCUT2D eigenvalue weighted by molar-refractivity contribution is 5.99. The fourth-order valence-electron chi connectivity index (χ4n) is 2.83. The molecule has 0 fully saturated rings. The number of fused-ring (bicyclic) bond motifs is 3. The summed E-state index contributed by atoms with van der Waals surface area (Å²) in [5.41, 5.74) is 3.58. The van der Waals surface area contributed by atoms with Gasteiger partial charge >= 0.3 is 6.18 Å². The van der Waals surface area contributed by atoms with E-state index in [1.807, 2.05) is 5.32 Å². The molecule has 1 heterocycles. The molecule has 112 valence electrons. The van der Waals surface area contributed by atoms with Crippen molar-refractivity contribution < 1.29 is 18.0 Å². The Kier molecular flexibility index (Phi) is 3.39. The summed E-state index contributed by atoms with van der Waals surface area (Å²) in [7, 11) is 0. The van der Waals surface area contributed by atoms with Gasteiger partial charge < -0.3 is 10.3 Å². The molecule has 0 atom stereocenters. The lowest BCUT2D eigenvalue weighted by atomic mass is 9.95. The topological polar surface area (TPSA) is 44.9 Å². The molecule has 2 N–H and O–H groups in total. The lowest BCUT2D eigenvalue weighted by Gasteiger charge is -2.11. The van der Waals surface area contributed by atoms with Crippen molar-refractivity contribution in [1.82, 2.24) is 10.3 Å². The van der Waals surface area contributed by atoms with Gasteiger partial charge in [0.15, 0.2) is 0 Å². The summed E-state index contributed by atoms with van der Waals surface area (Å²) < 4.78 is 36.4. The maximum atomic E-state index is 12.1. The van der Waals surface area contributed by atoms with E-state index >= 15 is 0 Å². The molecule has 3 rings (SSSR count). The van der Waals surface area contributed by atoms with Gasteiger partial charge in [-0.25, -0.2) is 0 Å². The number of benzene rings is 1. The Morgan fingerprint density at radius 2 is 2.00 bits per heavy atom. The van der Waals surface area contributed by atoms with E-state index in [-0.39, 0.29) is 5.56 Å². The van der Waals surface area contributed by atoms with E-state index in [0.717, 1.165) is 36.6 Å². The molecule has 21 heavy (non-hydrogen) atoms. The first-order valence-corrected chi connectivity index (χ1v) is 6.92. The highest BCUT2D eigenvalue weighted by Crippen LogP contribution is 2.29. The van der Waals surface area contributed by atoms with Crippen molar-refractivity contribution in [2.45, 2.75) is 31.9 Å². The number of hydrogen-bond acceptors (Lipinski definition) is 1. The zero-order valence-corrected chi connectivity index (χ0v) is 11.3. The minimum Gasteiger partial charge on any atom is -0.358 e. The monoisotopic (exact) mass is 296 g/mol. The van der Waals surface area contributed by atoms with Crippen LogP contribution in [0.3, 0.4) is 0 Å². The Balaban J connectivity index is 1.88. The summed E-state index contributed by atoms with van der Waals surface area (Å²) in [6.07, 6.45) is -0.223. The number of aromatic amines is 1. The molecule has 0 radical (unpaired) electrons. The molecular weight excluding hydrogens is 281 g/mol. The van der Waals surface area contributed by atoms with Crippen molar-refractivity contribution in [3.05, 3.63) is 35.0 Å². The number of aryl methyl sites for hydroxylation is 2. The van der Waals surface area contributed by atoms with Gasteiger partial charge in [-0.05, 0) is 49.4 Å². The predicted octanol–water partition coefficient (Wildman–Crippen LogP) is 3.34. The second kappa shape index (κ2) is 5.09. The normalized spacial score (nSPS) is 15.0. The van der Waals surface area contributed by atoms with Crippen LogP contribution in [-0.2, 0) is 12.8 Å². The van der Waals surface area contributed by atoms with E-state index in [1.165, 1.54) is 11.3 Å². The fraction of sp³-hybridized carbons (Fsp3) is 0.400. The zero-order chi connectivity index (χ0) is 15.0. The van der Waals surface area contributed by atoms with E-state index in [9.17, 15) is 18.0 Å². The number of nitrogens with one attached hydrogen (secondary N) is 2. The molecule has 1 amide bonds. The number of halogens is 3. The summed E-state index contributed by atoms with van der Waals surface area (Å²) in [5.74, 6) is -0.694. The standard InChI is InChI=1S/C15H15F3N2O/c16-15(17,18)8-19-14(21)9-5-6-13-11(7-9)10-3-1-2-4-12(10)20-13/h5-7,20H,1-4,8H2,(H,19,21). The average Bonchev–Trinajstić information content (AvgIpc) is 2.81. The Morgan fingerprint density at radius 3 is 2.76 bits per heavy atom. The third kappa shape index (κ3) is 2.89. The van der Waals surface area contributed by atoms with Crippen LogP contribution in [0.2, 0.25) is 0 Å². The van der Waals surface area contributed by atoms with Crippen LogP contribution in [0.1, 0.15) is 34.5 Å². The van der Waals surface area contributed by atoms with E-state index in [1.54, 1.807) is 18.2 Å². The van der Waals surface area contributed by atoms with Gasteiger partial charge in [-0.1, -0.05) is 0 Å². The van der Waals surface area contributed by atoms with Crippen molar-refractivity contribution in [2.75, 3.05) is 6.54 Å². The van der Waals surface area contributed by atoms with Crippen molar-refractivity contribution in [2.24, 2.45) is 0 Å². The number of amides is 1. The molecule has 2 aromatic rings. The van der Waals surface area contributed by atoms with E-state index in [2.05, 4.69) is 4.98 Å². The fourth-order valence-corrected chi connectivity index (χ4v) is 2.83. The minimum absolute atomic E-state index is 0.263. The van der Waals surface area contributed by atoms with E-state index in [0.29, 0.717) is 0 Å². The summed E-state index contributed by atoms with van der Waals surface area (Å²) >= 11 is 0. The molecule has 0 saturated heterocycles. The first-order valence-electron chi connectivity index (χ1n) is 6.92. The van der Waals surface area contributed by atoms with Gasteiger partial charge in [0.1, 0.15) is 6.54 Å². The van der Waals surface area contributed by atoms with Crippen LogP contribution >= 0.6 is 0 Å². The number of H-pyrrole nitrogens is 1. The van der Waals surface area contributed by atoms with Crippen molar-refractivity contribution >= 4 is 16.8 Å². The molecular formula is C15H15F3N2O. The molecule has 1 aliphatic carbocycles. The van der Waals surface area contributed by atoms with Gasteiger partial charge in [0, 0.05) is 22.2 Å². The Morgan fingerprint density at radius 1 is 1.24 bits per heavy atom. The largest absolute Gasteiger partial charge is 0.405 e. The van der Waals surface area contributed by atoms with Crippen molar-refractivity contribution in [3.8, 4) is 0 Å². The molecule has 0 unspecified atom stereocenters. The smallest absolute Gasteiger partial charge is 0.358 e. The van der Waals surface area contributed by atoms with Gasteiger partial charge in [0.25, 0.3) is 5.91 Å². The van der Waals surface area contributed by atoms with Gasteiger partial charge in [0.05, 0.1) is 0 Å². The maximum absolute atomic E-state index is 12.1. The number of hydrogen-bond donors (Lipinski definition) is 2. The van der Waals surface area contributed by atoms with Crippen LogP contribution in [0.15, 0.2) is 18.2 Å². The molecule has 3 nitrogen and oxygen atoms in total. The minimum atomic E-state index is -4.40. The van der Waals surface area contributed by atoms with Gasteiger partial charge in [-0.2, -0.15) is 13.2 Å². The molecule has 0 bridgehead atoms. The lowest BCUT2D eigenvalue weighted by Crippen LogP contribution is -2.33. The highest BCUT2D eigenvalue weighted by Gasteiger charge is 2.28. The second-order valence-electron chi connectivity index (χ2n) is 5.35. The number of aromatic nitrogens is 1. The van der Waals surface area contributed by atoms with Crippen LogP contribution in [0.4, 0.5) is 13.2 Å². The van der Waals surface area contributed by atoms with Crippen LogP contribution in [0.25, 0.3) is 10.9 Å². The number of alkyl halides is 3. The van der Waals surface area contributed by atoms with E-state index < -0.39 is 18.6 Å². The first-order chi connectivity index (χ1) is 9.94. The third-order valence-electron chi connectivity index (χ3n) is 3.81. The molecule has 1 aliphatic rings. The predicted molar refractivity (Wildman–Crippen MR) is 73.3 cm³/mol. The second-order valence-corrected chi connectivity index (χ2v) is 5.35. The molecule has 1 aromatic heterocycles. The number of carbonyl (C=O) groups is 1. The summed E-state index contributed by atoms with van der Waals surface area (Å²) in [4.78, 5) is 15.1. The first kappa shape index (κ1) is 14.0. The van der Waals surface area contributed by atoms with Gasteiger partial charge in [-0.3, -0.25) is 4.79 Å². The molecule has 0 saturated carbocycles. The number of rotatable bonds is 2. The van der Waals surface area contributed by atoms with Crippen LogP contribution < -0.4 is 5.32 Å². The average molecular weight is 296 g/mol. The Hall–Kier alpha value is -1.98. The van der Waals surface area contributed by atoms with Crippen LogP contribution in [0, 0.1) is 0 Å². The maximum Gasteiger partial charge on any atom is 0.405 e. The summed E-state index contributed by atoms with van der Waals surface area (Å²) in [6.45, 7) is -1.31. The quantitative estimate of drug-likeness (QED) is 0.877. The molecule has 6 heteroatoms. The summed E-state index contributed by atoms with van der Waals surface area (Å²) in [5, 5.41) is 2.85. The zero-order valence-electron chi connectivity index (χ0n) is 11.3. The van der Waals surface area contributed by atoms with Crippen molar-refractivity contribution in [3.63, 3.8) is 0 Å². The van der Waals surface area contributed by atoms with Crippen molar-refractivity contribution in [1.29, 1.82) is 0 Å². The molecule has 0 spiro atoms.